The number of nitrogens with one attached hydrogen (secondary N) is 2. The molecule has 164 valence electrons. The van der Waals surface area contributed by atoms with Crippen LogP contribution in [0.15, 0.2) is 65.8 Å². The van der Waals surface area contributed by atoms with E-state index in [0.29, 0.717) is 27.1 Å². The molecule has 0 spiro atoms. The Kier molecular flexibility index (Phi) is 7.45. The average molecular weight is 470 g/mol. The fourth-order valence-electron chi connectivity index (χ4n) is 3.00. The SMILES string of the molecule is C/N=C(\c1ccc(C(=O)Nc2ccc(Cl)cc2C(=O)Nc2ccc(Cl)cn2)cc1)N(C)C. The minimum Gasteiger partial charge on any atom is -0.363 e. The number of pyridine rings is 1. The number of anilines is 2. The highest BCUT2D eigenvalue weighted by atomic mass is 35.5. The molecule has 1 heterocycles. The predicted octanol–water partition coefficient (Wildman–Crippen LogP) is 4.83. The standard InChI is InChI=1S/C23H21Cl2N5O2/c1-26-21(30(2)3)14-4-6-15(7-5-14)22(31)28-19-10-8-16(24)12-18(19)23(32)29-20-11-9-17(25)13-27-20/h4-13H,1-3H3,(H,28,31)(H,27,29,32)/b26-21+. The third kappa shape index (κ3) is 5.63. The lowest BCUT2D eigenvalue weighted by molar-refractivity contribution is 0.102. The summed E-state index contributed by atoms with van der Waals surface area (Å²) in [7, 11) is 5.51. The summed E-state index contributed by atoms with van der Waals surface area (Å²) in [5.41, 5.74) is 1.84. The van der Waals surface area contributed by atoms with Crippen LogP contribution in [-0.2, 0) is 0 Å². The van der Waals surface area contributed by atoms with Gasteiger partial charge >= 0.3 is 0 Å². The van der Waals surface area contributed by atoms with Gasteiger partial charge < -0.3 is 15.5 Å². The minimum atomic E-state index is -0.470. The maximum atomic E-state index is 12.8. The van der Waals surface area contributed by atoms with E-state index in [1.165, 1.54) is 12.3 Å². The first-order chi connectivity index (χ1) is 15.3. The van der Waals surface area contributed by atoms with E-state index >= 15 is 0 Å². The van der Waals surface area contributed by atoms with E-state index in [4.69, 9.17) is 23.2 Å². The van der Waals surface area contributed by atoms with E-state index in [0.717, 1.165) is 11.4 Å². The number of hydrogen-bond donors (Lipinski definition) is 2. The Bertz CT molecular complexity index is 1160. The van der Waals surface area contributed by atoms with Crippen molar-refractivity contribution in [3.05, 3.63) is 87.5 Å². The Morgan fingerprint density at radius 3 is 2.12 bits per heavy atom. The van der Waals surface area contributed by atoms with Gasteiger partial charge in [-0.1, -0.05) is 35.3 Å². The summed E-state index contributed by atoms with van der Waals surface area (Å²) in [6, 6.07) is 14.9. The topological polar surface area (TPSA) is 86.7 Å². The minimum absolute atomic E-state index is 0.201. The number of carbonyl (C=O) groups excluding carboxylic acids is 2. The first-order valence-electron chi connectivity index (χ1n) is 9.57. The van der Waals surface area contributed by atoms with Crippen LogP contribution in [0.2, 0.25) is 10.0 Å². The second kappa shape index (κ2) is 10.3. The first-order valence-corrected chi connectivity index (χ1v) is 10.3. The molecule has 2 amide bonds. The summed E-state index contributed by atoms with van der Waals surface area (Å²) in [5.74, 6) is 0.283. The molecular formula is C23H21Cl2N5O2. The number of hydrogen-bond acceptors (Lipinski definition) is 4. The van der Waals surface area contributed by atoms with Crippen LogP contribution in [0.3, 0.4) is 0 Å². The van der Waals surface area contributed by atoms with Gasteiger partial charge in [-0.05, 0) is 42.5 Å². The predicted molar refractivity (Wildman–Crippen MR) is 129 cm³/mol. The number of aliphatic imine (C=N–C) groups is 1. The van der Waals surface area contributed by atoms with E-state index in [1.807, 2.05) is 31.1 Å². The van der Waals surface area contributed by atoms with Crippen LogP contribution in [-0.4, -0.2) is 48.7 Å². The molecule has 9 heteroatoms. The Balaban J connectivity index is 1.80. The third-order valence-corrected chi connectivity index (χ3v) is 4.94. The largest absolute Gasteiger partial charge is 0.363 e. The normalized spacial score (nSPS) is 11.1. The van der Waals surface area contributed by atoms with E-state index in [2.05, 4.69) is 20.6 Å². The Morgan fingerprint density at radius 1 is 0.875 bits per heavy atom. The number of halogens is 2. The van der Waals surface area contributed by atoms with Crippen molar-refractivity contribution in [2.45, 2.75) is 0 Å². The van der Waals surface area contributed by atoms with Gasteiger partial charge in [-0.3, -0.25) is 14.6 Å². The molecule has 32 heavy (non-hydrogen) atoms. The fourth-order valence-corrected chi connectivity index (χ4v) is 3.28. The van der Waals surface area contributed by atoms with Crippen molar-refractivity contribution >= 4 is 52.4 Å². The van der Waals surface area contributed by atoms with Gasteiger partial charge in [0.2, 0.25) is 0 Å². The molecule has 2 N–H and O–H groups in total. The maximum absolute atomic E-state index is 12.8. The van der Waals surface area contributed by atoms with Gasteiger partial charge in [-0.15, -0.1) is 0 Å². The first kappa shape index (κ1) is 23.2. The van der Waals surface area contributed by atoms with Gasteiger partial charge in [-0.25, -0.2) is 4.98 Å². The Hall–Kier alpha value is -3.42. The molecule has 7 nitrogen and oxygen atoms in total. The lowest BCUT2D eigenvalue weighted by Gasteiger charge is -2.16. The van der Waals surface area contributed by atoms with Crippen LogP contribution in [0.4, 0.5) is 11.5 Å². The van der Waals surface area contributed by atoms with Crippen LogP contribution < -0.4 is 10.6 Å². The van der Waals surface area contributed by atoms with Crippen molar-refractivity contribution < 1.29 is 9.59 Å². The second-order valence-corrected chi connectivity index (χ2v) is 7.85. The van der Waals surface area contributed by atoms with Crippen molar-refractivity contribution in [1.29, 1.82) is 0 Å². The van der Waals surface area contributed by atoms with Gasteiger partial charge in [0.05, 0.1) is 16.3 Å². The molecule has 0 saturated heterocycles. The van der Waals surface area contributed by atoms with Crippen molar-refractivity contribution in [3.63, 3.8) is 0 Å². The van der Waals surface area contributed by atoms with Crippen molar-refractivity contribution in [1.82, 2.24) is 9.88 Å². The van der Waals surface area contributed by atoms with Crippen LogP contribution in [0.5, 0.6) is 0 Å². The Morgan fingerprint density at radius 2 is 1.53 bits per heavy atom. The highest BCUT2D eigenvalue weighted by Gasteiger charge is 2.16. The zero-order valence-electron chi connectivity index (χ0n) is 17.7. The van der Waals surface area contributed by atoms with Crippen LogP contribution in [0, 0.1) is 0 Å². The van der Waals surface area contributed by atoms with E-state index in [1.54, 1.807) is 43.4 Å². The maximum Gasteiger partial charge on any atom is 0.258 e. The number of benzene rings is 2. The molecule has 3 aromatic rings. The van der Waals surface area contributed by atoms with Crippen molar-refractivity contribution in [2.24, 2.45) is 4.99 Å². The smallest absolute Gasteiger partial charge is 0.258 e. The van der Waals surface area contributed by atoms with Gasteiger partial charge in [0, 0.05) is 43.5 Å². The summed E-state index contributed by atoms with van der Waals surface area (Å²) < 4.78 is 0. The van der Waals surface area contributed by atoms with Gasteiger partial charge in [-0.2, -0.15) is 0 Å². The molecule has 0 fully saturated rings. The summed E-state index contributed by atoms with van der Waals surface area (Å²) in [5, 5.41) is 6.25. The van der Waals surface area contributed by atoms with Gasteiger partial charge in [0.15, 0.2) is 0 Å². The number of amidine groups is 1. The van der Waals surface area contributed by atoms with E-state index in [-0.39, 0.29) is 11.5 Å². The highest BCUT2D eigenvalue weighted by molar-refractivity contribution is 6.31. The quantitative estimate of drug-likeness (QED) is 0.413. The summed E-state index contributed by atoms with van der Waals surface area (Å²) in [6.45, 7) is 0. The van der Waals surface area contributed by atoms with Crippen LogP contribution >= 0.6 is 23.2 Å². The number of carbonyl (C=O) groups is 2. The zero-order valence-corrected chi connectivity index (χ0v) is 19.2. The van der Waals surface area contributed by atoms with E-state index < -0.39 is 5.91 Å². The molecule has 0 atom stereocenters. The molecule has 0 bridgehead atoms. The molecule has 0 aliphatic rings. The van der Waals surface area contributed by atoms with E-state index in [9.17, 15) is 9.59 Å². The van der Waals surface area contributed by atoms with Crippen LogP contribution in [0.1, 0.15) is 26.3 Å². The summed E-state index contributed by atoms with van der Waals surface area (Å²) in [4.78, 5) is 35.8. The second-order valence-electron chi connectivity index (χ2n) is 6.98. The lowest BCUT2D eigenvalue weighted by atomic mass is 10.1. The molecular weight excluding hydrogens is 449 g/mol. The zero-order chi connectivity index (χ0) is 23.3. The third-order valence-electron chi connectivity index (χ3n) is 4.48. The molecule has 0 aliphatic heterocycles. The molecule has 1 aromatic heterocycles. The van der Waals surface area contributed by atoms with Crippen molar-refractivity contribution in [2.75, 3.05) is 31.8 Å². The van der Waals surface area contributed by atoms with Crippen LogP contribution in [0.25, 0.3) is 0 Å². The molecule has 0 radical (unpaired) electrons. The summed E-state index contributed by atoms with van der Waals surface area (Å²) >= 11 is 11.9. The lowest BCUT2D eigenvalue weighted by Crippen LogP contribution is -2.23. The monoisotopic (exact) mass is 469 g/mol. The molecule has 0 aliphatic carbocycles. The average Bonchev–Trinajstić information content (AvgIpc) is 2.77. The molecule has 2 aromatic carbocycles. The number of nitrogens with zero attached hydrogens (tertiary/aromatic N) is 3. The molecule has 0 saturated carbocycles. The highest BCUT2D eigenvalue weighted by Crippen LogP contribution is 2.23. The molecule has 3 rings (SSSR count). The fraction of sp³-hybridized carbons (Fsp3) is 0.130. The number of rotatable bonds is 5. The van der Waals surface area contributed by atoms with Gasteiger partial charge in [0.1, 0.15) is 11.7 Å². The van der Waals surface area contributed by atoms with Gasteiger partial charge in [0.25, 0.3) is 11.8 Å². The Labute approximate surface area is 196 Å². The van der Waals surface area contributed by atoms with Crippen molar-refractivity contribution in [3.8, 4) is 0 Å². The number of aromatic nitrogens is 1. The number of amides is 2. The summed E-state index contributed by atoms with van der Waals surface area (Å²) in [6.07, 6.45) is 1.42. The molecule has 0 unspecified atom stereocenters.